The van der Waals surface area contributed by atoms with Crippen LogP contribution in [0.2, 0.25) is 0 Å². The molecule has 4 nitrogen and oxygen atoms in total. The van der Waals surface area contributed by atoms with E-state index >= 15 is 0 Å². The van der Waals surface area contributed by atoms with Gasteiger partial charge in [-0.1, -0.05) is 32.6 Å². The summed E-state index contributed by atoms with van der Waals surface area (Å²) in [4.78, 5) is 0. The second-order valence-electron chi connectivity index (χ2n) is 4.77. The molecule has 1 fully saturated rings. The zero-order chi connectivity index (χ0) is 12.0. The van der Waals surface area contributed by atoms with E-state index in [-0.39, 0.29) is 18.6 Å². The number of hydrogen-bond donors (Lipinski definition) is 4. The molecular weight excluding hydrogens is 206 g/mol. The van der Waals surface area contributed by atoms with Crippen molar-refractivity contribution < 1.29 is 15.3 Å². The third kappa shape index (κ3) is 3.70. The Morgan fingerprint density at radius 2 is 1.94 bits per heavy atom. The largest absolute Gasteiger partial charge is 0.396 e. The first-order valence-electron chi connectivity index (χ1n) is 6.41. The molecule has 0 saturated carbocycles. The molecule has 1 aliphatic rings. The van der Waals surface area contributed by atoms with E-state index in [1.807, 2.05) is 0 Å². The maximum atomic E-state index is 9.76. The second kappa shape index (κ2) is 7.22. The molecule has 4 heteroatoms. The minimum atomic E-state index is -0.789. The molecule has 0 radical (unpaired) electrons. The van der Waals surface area contributed by atoms with Crippen LogP contribution in [-0.4, -0.2) is 46.7 Å². The third-order valence-corrected chi connectivity index (χ3v) is 3.52. The fraction of sp³-hybridized carbons (Fsp3) is 1.00. The molecule has 0 aromatic carbocycles. The van der Waals surface area contributed by atoms with E-state index in [2.05, 4.69) is 12.2 Å². The second-order valence-corrected chi connectivity index (χ2v) is 4.77. The minimum absolute atomic E-state index is 0.0658. The molecule has 16 heavy (non-hydrogen) atoms. The van der Waals surface area contributed by atoms with Crippen molar-refractivity contribution in [3.05, 3.63) is 0 Å². The Kier molecular flexibility index (Phi) is 6.28. The van der Waals surface area contributed by atoms with Crippen LogP contribution in [0.25, 0.3) is 0 Å². The van der Waals surface area contributed by atoms with Gasteiger partial charge in [0.1, 0.15) is 0 Å². The Hall–Kier alpha value is -0.160. The molecule has 96 valence electrons. The van der Waals surface area contributed by atoms with Gasteiger partial charge < -0.3 is 20.6 Å². The van der Waals surface area contributed by atoms with E-state index in [0.717, 1.165) is 12.8 Å². The van der Waals surface area contributed by atoms with Gasteiger partial charge in [-0.15, -0.1) is 0 Å². The molecular formula is C12H25NO3. The van der Waals surface area contributed by atoms with E-state index in [0.29, 0.717) is 6.54 Å². The lowest BCUT2D eigenvalue weighted by Gasteiger charge is -2.38. The molecule has 1 aliphatic heterocycles. The smallest absolute Gasteiger partial charge is 0.0927 e. The van der Waals surface area contributed by atoms with Gasteiger partial charge in [0.25, 0.3) is 0 Å². The molecule has 1 rings (SSSR count). The monoisotopic (exact) mass is 231 g/mol. The van der Waals surface area contributed by atoms with Crippen molar-refractivity contribution in [2.45, 2.75) is 57.3 Å². The lowest BCUT2D eigenvalue weighted by molar-refractivity contribution is -0.0679. The Balaban J connectivity index is 2.33. The molecule has 0 aliphatic carbocycles. The maximum absolute atomic E-state index is 9.76. The van der Waals surface area contributed by atoms with Crippen molar-refractivity contribution in [1.29, 1.82) is 0 Å². The van der Waals surface area contributed by atoms with Crippen LogP contribution in [-0.2, 0) is 0 Å². The van der Waals surface area contributed by atoms with E-state index in [1.165, 1.54) is 19.3 Å². The average Bonchev–Trinajstić information content (AvgIpc) is 2.29. The highest BCUT2D eigenvalue weighted by molar-refractivity contribution is 4.91. The van der Waals surface area contributed by atoms with Crippen molar-refractivity contribution >= 4 is 0 Å². The van der Waals surface area contributed by atoms with Gasteiger partial charge in [-0.2, -0.15) is 0 Å². The molecule has 0 aromatic heterocycles. The van der Waals surface area contributed by atoms with Gasteiger partial charge in [-0.05, 0) is 6.42 Å². The fourth-order valence-electron chi connectivity index (χ4n) is 2.41. The van der Waals surface area contributed by atoms with Gasteiger partial charge in [0.15, 0.2) is 0 Å². The quantitative estimate of drug-likeness (QED) is 0.495. The third-order valence-electron chi connectivity index (χ3n) is 3.52. The zero-order valence-corrected chi connectivity index (χ0v) is 10.1. The summed E-state index contributed by atoms with van der Waals surface area (Å²) in [5, 5.41) is 31.7. The minimum Gasteiger partial charge on any atom is -0.396 e. The molecule has 1 heterocycles. The van der Waals surface area contributed by atoms with Crippen molar-refractivity contribution in [1.82, 2.24) is 5.32 Å². The zero-order valence-electron chi connectivity index (χ0n) is 10.1. The molecule has 0 bridgehead atoms. The molecule has 0 aromatic rings. The van der Waals surface area contributed by atoms with Gasteiger partial charge in [-0.25, -0.2) is 0 Å². The van der Waals surface area contributed by atoms with Crippen molar-refractivity contribution in [3.8, 4) is 0 Å². The standard InChI is InChI=1S/C12H25NO3/c1-2-3-4-5-6-10-9(8-14)12(16)11(15)7-13-10/h9-16H,2-8H2,1H3/t9-,10+,11+,12+/m0/s1. The molecule has 4 N–H and O–H groups in total. The first-order valence-corrected chi connectivity index (χ1v) is 6.41. The van der Waals surface area contributed by atoms with Crippen LogP contribution >= 0.6 is 0 Å². The molecule has 0 unspecified atom stereocenters. The summed E-state index contributed by atoms with van der Waals surface area (Å²) in [7, 11) is 0. The number of hydrogen-bond acceptors (Lipinski definition) is 4. The summed E-state index contributed by atoms with van der Waals surface area (Å²) in [6, 6.07) is 0.139. The van der Waals surface area contributed by atoms with Crippen LogP contribution < -0.4 is 5.32 Å². The number of aliphatic hydroxyl groups excluding tert-OH is 3. The summed E-state index contributed by atoms with van der Waals surface area (Å²) in [5.41, 5.74) is 0. The Morgan fingerprint density at radius 3 is 2.56 bits per heavy atom. The predicted molar refractivity (Wildman–Crippen MR) is 63.1 cm³/mol. The Bertz CT molecular complexity index is 189. The van der Waals surface area contributed by atoms with Crippen LogP contribution in [0.3, 0.4) is 0 Å². The normalized spacial score (nSPS) is 35.2. The lowest BCUT2D eigenvalue weighted by Crippen LogP contribution is -2.57. The highest BCUT2D eigenvalue weighted by atomic mass is 16.3. The maximum Gasteiger partial charge on any atom is 0.0927 e. The Morgan fingerprint density at radius 1 is 1.19 bits per heavy atom. The number of unbranched alkanes of at least 4 members (excludes halogenated alkanes) is 3. The number of rotatable bonds is 6. The van der Waals surface area contributed by atoms with Crippen LogP contribution in [0.4, 0.5) is 0 Å². The summed E-state index contributed by atoms with van der Waals surface area (Å²) in [5.74, 6) is -0.231. The number of aliphatic hydroxyl groups is 3. The predicted octanol–water partition coefficient (Wildman–Crippen LogP) is 0.259. The van der Waals surface area contributed by atoms with Crippen LogP contribution in [0.1, 0.15) is 39.0 Å². The van der Waals surface area contributed by atoms with Crippen LogP contribution in [0.15, 0.2) is 0 Å². The van der Waals surface area contributed by atoms with Gasteiger partial charge in [0.2, 0.25) is 0 Å². The first-order chi connectivity index (χ1) is 7.70. The number of β-amino-alcohol motifs (C(OH)–C–C–N with tert-alkyl or cyclic N) is 1. The summed E-state index contributed by atoms with van der Waals surface area (Å²) < 4.78 is 0. The first kappa shape index (κ1) is 13.9. The van der Waals surface area contributed by atoms with Crippen molar-refractivity contribution in [3.63, 3.8) is 0 Å². The lowest BCUT2D eigenvalue weighted by atomic mass is 9.84. The number of piperidine rings is 1. The van der Waals surface area contributed by atoms with Crippen LogP contribution in [0.5, 0.6) is 0 Å². The van der Waals surface area contributed by atoms with Crippen molar-refractivity contribution in [2.24, 2.45) is 5.92 Å². The molecule has 1 saturated heterocycles. The summed E-state index contributed by atoms with van der Waals surface area (Å²) >= 11 is 0. The van der Waals surface area contributed by atoms with E-state index in [9.17, 15) is 15.3 Å². The Labute approximate surface area is 97.7 Å². The van der Waals surface area contributed by atoms with E-state index in [4.69, 9.17) is 0 Å². The SMILES string of the molecule is CCCCCC[C@H]1NC[C@@H](O)[C@H](O)[C@H]1CO. The molecule has 0 spiro atoms. The molecule has 0 amide bonds. The van der Waals surface area contributed by atoms with E-state index < -0.39 is 12.2 Å². The van der Waals surface area contributed by atoms with Crippen molar-refractivity contribution in [2.75, 3.05) is 13.2 Å². The van der Waals surface area contributed by atoms with Gasteiger partial charge in [-0.3, -0.25) is 0 Å². The molecule has 4 atom stereocenters. The number of nitrogens with one attached hydrogen (secondary N) is 1. The van der Waals surface area contributed by atoms with Crippen LogP contribution in [0, 0.1) is 5.92 Å². The highest BCUT2D eigenvalue weighted by Gasteiger charge is 2.36. The average molecular weight is 231 g/mol. The van der Waals surface area contributed by atoms with E-state index in [1.54, 1.807) is 0 Å². The fourth-order valence-corrected chi connectivity index (χ4v) is 2.41. The highest BCUT2D eigenvalue weighted by Crippen LogP contribution is 2.21. The van der Waals surface area contributed by atoms with Gasteiger partial charge in [0, 0.05) is 25.1 Å². The topological polar surface area (TPSA) is 72.7 Å². The summed E-state index contributed by atoms with van der Waals surface area (Å²) in [6.45, 7) is 2.54. The van der Waals surface area contributed by atoms with Gasteiger partial charge in [0.05, 0.1) is 12.2 Å². The summed E-state index contributed by atoms with van der Waals surface area (Å²) in [6.07, 6.45) is 4.20. The van der Waals surface area contributed by atoms with Gasteiger partial charge >= 0.3 is 0 Å².